The number of halogens is 2. The van der Waals surface area contributed by atoms with Crippen LogP contribution >= 0.6 is 23.2 Å². The number of aliphatic carboxylic acids is 1. The van der Waals surface area contributed by atoms with Crippen LogP contribution < -0.4 is 5.32 Å². The topological polar surface area (TPSA) is 66.4 Å². The van der Waals surface area contributed by atoms with Gasteiger partial charge in [-0.1, -0.05) is 13.8 Å². The molecule has 2 unspecified atom stereocenters. The Labute approximate surface area is 104 Å². The summed E-state index contributed by atoms with van der Waals surface area (Å²) in [5.74, 6) is -1.70. The zero-order chi connectivity index (χ0) is 12.5. The summed E-state index contributed by atoms with van der Waals surface area (Å²) in [5, 5.41) is 11.4. The first kappa shape index (κ1) is 13.6. The van der Waals surface area contributed by atoms with E-state index in [2.05, 4.69) is 5.32 Å². The summed E-state index contributed by atoms with van der Waals surface area (Å²) in [4.78, 5) is 22.5. The van der Waals surface area contributed by atoms with Gasteiger partial charge in [0.05, 0.1) is 5.92 Å². The minimum Gasteiger partial charge on any atom is -0.480 e. The molecule has 0 aromatic rings. The molecule has 6 heteroatoms. The highest BCUT2D eigenvalue weighted by atomic mass is 35.5. The Hall–Kier alpha value is -0.480. The van der Waals surface area contributed by atoms with Gasteiger partial charge >= 0.3 is 5.97 Å². The van der Waals surface area contributed by atoms with Gasteiger partial charge in [-0.15, -0.1) is 23.2 Å². The predicted molar refractivity (Wildman–Crippen MR) is 61.6 cm³/mol. The number of rotatable bonds is 5. The number of hydrogen-bond acceptors (Lipinski definition) is 2. The molecule has 1 aliphatic rings. The number of hydrogen-bond donors (Lipinski definition) is 2. The second-order valence-corrected chi connectivity index (χ2v) is 6.09. The monoisotopic (exact) mass is 267 g/mol. The highest BCUT2D eigenvalue weighted by Crippen LogP contribution is 2.53. The van der Waals surface area contributed by atoms with Crippen molar-refractivity contribution in [2.24, 2.45) is 11.8 Å². The van der Waals surface area contributed by atoms with Gasteiger partial charge in [0, 0.05) is 0 Å². The highest BCUT2D eigenvalue weighted by molar-refractivity contribution is 6.52. The fourth-order valence-corrected chi connectivity index (χ4v) is 1.97. The first-order valence-electron chi connectivity index (χ1n) is 5.15. The quantitative estimate of drug-likeness (QED) is 0.747. The lowest BCUT2D eigenvalue weighted by Gasteiger charge is -2.16. The molecule has 1 rings (SSSR count). The molecule has 0 saturated heterocycles. The van der Waals surface area contributed by atoms with Crippen molar-refractivity contribution >= 4 is 35.1 Å². The smallest absolute Gasteiger partial charge is 0.326 e. The Morgan fingerprint density at radius 3 is 2.31 bits per heavy atom. The van der Waals surface area contributed by atoms with Crippen molar-refractivity contribution < 1.29 is 14.7 Å². The molecular formula is C10H15Cl2NO3. The molecule has 1 fully saturated rings. The second-order valence-electron chi connectivity index (χ2n) is 4.55. The summed E-state index contributed by atoms with van der Waals surface area (Å²) < 4.78 is -1.01. The number of carbonyl (C=O) groups is 2. The zero-order valence-corrected chi connectivity index (χ0v) is 10.7. The third-order valence-electron chi connectivity index (χ3n) is 2.46. The van der Waals surface area contributed by atoms with Gasteiger partial charge in [-0.2, -0.15) is 0 Å². The van der Waals surface area contributed by atoms with Gasteiger partial charge < -0.3 is 10.4 Å². The van der Waals surface area contributed by atoms with E-state index in [1.807, 2.05) is 13.8 Å². The van der Waals surface area contributed by atoms with E-state index in [4.69, 9.17) is 28.3 Å². The van der Waals surface area contributed by atoms with Crippen LogP contribution in [0.4, 0.5) is 0 Å². The summed E-state index contributed by atoms with van der Waals surface area (Å²) in [5.41, 5.74) is 0. The molecule has 16 heavy (non-hydrogen) atoms. The standard InChI is InChI=1S/C10H15Cl2NO3/c1-5(2)3-7(9(15)16)13-8(14)6-4-10(6,11)12/h5-7H,3-4H2,1-2H3,(H,13,14)(H,15,16). The van der Waals surface area contributed by atoms with Crippen LogP contribution in [0.1, 0.15) is 26.7 Å². The van der Waals surface area contributed by atoms with Crippen LogP contribution in [-0.2, 0) is 9.59 Å². The van der Waals surface area contributed by atoms with Crippen molar-refractivity contribution in [1.29, 1.82) is 0 Å². The molecule has 0 bridgehead atoms. The van der Waals surface area contributed by atoms with Crippen LogP contribution in [0, 0.1) is 11.8 Å². The molecular weight excluding hydrogens is 253 g/mol. The van der Waals surface area contributed by atoms with E-state index >= 15 is 0 Å². The van der Waals surface area contributed by atoms with E-state index in [0.717, 1.165) is 0 Å². The maximum absolute atomic E-state index is 11.6. The van der Waals surface area contributed by atoms with Crippen molar-refractivity contribution in [2.75, 3.05) is 0 Å². The van der Waals surface area contributed by atoms with Gasteiger partial charge in [0.25, 0.3) is 0 Å². The molecule has 92 valence electrons. The van der Waals surface area contributed by atoms with Crippen LogP contribution in [-0.4, -0.2) is 27.4 Å². The fourth-order valence-electron chi connectivity index (χ4n) is 1.46. The van der Waals surface area contributed by atoms with E-state index in [-0.39, 0.29) is 11.8 Å². The summed E-state index contributed by atoms with van der Waals surface area (Å²) >= 11 is 11.5. The average molecular weight is 268 g/mol. The number of amides is 1. The number of carbonyl (C=O) groups excluding carboxylic acids is 1. The number of nitrogens with one attached hydrogen (secondary N) is 1. The molecule has 0 aliphatic heterocycles. The third-order valence-corrected chi connectivity index (χ3v) is 3.30. The number of carboxylic acid groups (broad SMARTS) is 1. The molecule has 0 heterocycles. The molecule has 1 amide bonds. The Bertz CT molecular complexity index is 304. The summed E-state index contributed by atoms with van der Waals surface area (Å²) in [6, 6.07) is -0.864. The van der Waals surface area contributed by atoms with Crippen LogP contribution in [0.25, 0.3) is 0 Å². The first-order valence-corrected chi connectivity index (χ1v) is 5.90. The SMILES string of the molecule is CC(C)CC(NC(=O)C1CC1(Cl)Cl)C(=O)O. The van der Waals surface area contributed by atoms with Gasteiger partial charge in [-0.05, 0) is 18.8 Å². The van der Waals surface area contributed by atoms with Crippen molar-refractivity contribution in [1.82, 2.24) is 5.32 Å². The molecule has 2 N–H and O–H groups in total. The molecule has 4 nitrogen and oxygen atoms in total. The lowest BCUT2D eigenvalue weighted by Crippen LogP contribution is -2.42. The van der Waals surface area contributed by atoms with Gasteiger partial charge in [0.1, 0.15) is 10.4 Å². The van der Waals surface area contributed by atoms with Crippen LogP contribution in [0.3, 0.4) is 0 Å². The minimum absolute atomic E-state index is 0.192. The molecule has 0 radical (unpaired) electrons. The highest BCUT2D eigenvalue weighted by Gasteiger charge is 2.56. The Morgan fingerprint density at radius 2 is 2.00 bits per heavy atom. The van der Waals surface area contributed by atoms with Gasteiger partial charge in [0.15, 0.2) is 0 Å². The normalized spacial score (nSPS) is 23.9. The summed E-state index contributed by atoms with van der Waals surface area (Å²) in [6.07, 6.45) is 0.779. The zero-order valence-electron chi connectivity index (χ0n) is 9.17. The van der Waals surface area contributed by atoms with E-state index in [1.165, 1.54) is 0 Å². The molecule has 1 aliphatic carbocycles. The summed E-state index contributed by atoms with van der Waals surface area (Å²) in [6.45, 7) is 3.79. The molecule has 2 atom stereocenters. The maximum atomic E-state index is 11.6. The van der Waals surface area contributed by atoms with E-state index < -0.39 is 22.3 Å². The van der Waals surface area contributed by atoms with Crippen molar-refractivity contribution in [3.8, 4) is 0 Å². The minimum atomic E-state index is -1.03. The largest absolute Gasteiger partial charge is 0.480 e. The van der Waals surface area contributed by atoms with Gasteiger partial charge in [0.2, 0.25) is 5.91 Å². The summed E-state index contributed by atoms with van der Waals surface area (Å²) in [7, 11) is 0. The van der Waals surface area contributed by atoms with Crippen LogP contribution in [0.5, 0.6) is 0 Å². The van der Waals surface area contributed by atoms with E-state index in [1.54, 1.807) is 0 Å². The van der Waals surface area contributed by atoms with Crippen molar-refractivity contribution in [2.45, 2.75) is 37.1 Å². The Morgan fingerprint density at radius 1 is 1.50 bits per heavy atom. The third kappa shape index (κ3) is 3.52. The number of carboxylic acids is 1. The molecule has 1 saturated carbocycles. The Balaban J connectivity index is 2.49. The average Bonchev–Trinajstić information content (AvgIpc) is 2.73. The number of alkyl halides is 2. The van der Waals surface area contributed by atoms with Crippen LogP contribution in [0.15, 0.2) is 0 Å². The molecule has 0 spiro atoms. The van der Waals surface area contributed by atoms with E-state index in [0.29, 0.717) is 12.8 Å². The first-order chi connectivity index (χ1) is 7.24. The second kappa shape index (κ2) is 4.80. The lowest BCUT2D eigenvalue weighted by molar-refractivity contribution is -0.142. The predicted octanol–water partition coefficient (Wildman–Crippen LogP) is 1.80. The van der Waals surface area contributed by atoms with Gasteiger partial charge in [-0.25, -0.2) is 4.79 Å². The lowest BCUT2D eigenvalue weighted by atomic mass is 10.0. The van der Waals surface area contributed by atoms with Crippen LogP contribution in [0.2, 0.25) is 0 Å². The van der Waals surface area contributed by atoms with Crippen molar-refractivity contribution in [3.63, 3.8) is 0 Å². The van der Waals surface area contributed by atoms with Gasteiger partial charge in [-0.3, -0.25) is 4.79 Å². The maximum Gasteiger partial charge on any atom is 0.326 e. The van der Waals surface area contributed by atoms with Crippen molar-refractivity contribution in [3.05, 3.63) is 0 Å². The molecule has 0 aromatic carbocycles. The van der Waals surface area contributed by atoms with E-state index in [9.17, 15) is 9.59 Å². The molecule has 0 aromatic heterocycles. The fraction of sp³-hybridized carbons (Fsp3) is 0.800. The Kier molecular flexibility index (Phi) is 4.07.